The zero-order valence-corrected chi connectivity index (χ0v) is 12.8. The summed E-state index contributed by atoms with van der Waals surface area (Å²) in [4.78, 5) is 0. The Morgan fingerprint density at radius 2 is 1.60 bits per heavy atom. The number of halogens is 3. The van der Waals surface area contributed by atoms with Crippen LogP contribution < -0.4 is 4.74 Å². The number of benzene rings is 2. The molecule has 0 unspecified atom stereocenters. The predicted octanol–water partition coefficient (Wildman–Crippen LogP) is 5.16. The summed E-state index contributed by atoms with van der Waals surface area (Å²) in [5, 5.41) is 1.20. The third-order valence-electron chi connectivity index (χ3n) is 2.60. The molecule has 20 heavy (non-hydrogen) atoms. The highest BCUT2D eigenvalue weighted by atomic mass is 35.5. The van der Waals surface area contributed by atoms with Crippen LogP contribution in [0.3, 0.4) is 0 Å². The van der Waals surface area contributed by atoms with Gasteiger partial charge in [0, 0.05) is 21.2 Å². The second-order valence-electron chi connectivity index (χ2n) is 3.95. The largest absolute Gasteiger partial charge is 0.489 e. The molecule has 0 spiro atoms. The van der Waals surface area contributed by atoms with Crippen molar-refractivity contribution in [3.63, 3.8) is 0 Å². The van der Waals surface area contributed by atoms with Gasteiger partial charge >= 0.3 is 0 Å². The molecular formula is C16H11Cl3O. The number of ether oxygens (including phenoxy) is 1. The normalized spacial score (nSPS) is 9.75. The molecule has 0 aliphatic heterocycles. The van der Waals surface area contributed by atoms with Crippen LogP contribution in [-0.2, 0) is 6.61 Å². The Balaban J connectivity index is 2.04. The molecule has 0 fully saturated rings. The van der Waals surface area contributed by atoms with Gasteiger partial charge in [-0.3, -0.25) is 0 Å². The minimum atomic E-state index is 0.323. The smallest absolute Gasteiger partial charge is 0.119 e. The summed E-state index contributed by atoms with van der Waals surface area (Å²) >= 11 is 17.7. The van der Waals surface area contributed by atoms with Crippen molar-refractivity contribution >= 4 is 34.8 Å². The van der Waals surface area contributed by atoms with Gasteiger partial charge in [0.05, 0.1) is 5.88 Å². The van der Waals surface area contributed by atoms with Gasteiger partial charge in [0.1, 0.15) is 12.4 Å². The average molecular weight is 326 g/mol. The summed E-state index contributed by atoms with van der Waals surface area (Å²) < 4.78 is 5.67. The number of alkyl halides is 1. The molecule has 0 N–H and O–H groups in total. The number of hydrogen-bond acceptors (Lipinski definition) is 1. The zero-order chi connectivity index (χ0) is 14.4. The quantitative estimate of drug-likeness (QED) is 0.559. The molecule has 2 aromatic carbocycles. The fraction of sp³-hybridized carbons (Fsp3) is 0.125. The lowest BCUT2D eigenvalue weighted by Gasteiger charge is -2.09. The Labute approximate surface area is 133 Å². The Morgan fingerprint density at radius 1 is 0.950 bits per heavy atom. The second kappa shape index (κ2) is 7.45. The van der Waals surface area contributed by atoms with Crippen molar-refractivity contribution in [1.29, 1.82) is 0 Å². The van der Waals surface area contributed by atoms with E-state index in [-0.39, 0.29) is 0 Å². The van der Waals surface area contributed by atoms with Gasteiger partial charge < -0.3 is 4.74 Å². The van der Waals surface area contributed by atoms with Crippen LogP contribution in [0.4, 0.5) is 0 Å². The van der Waals surface area contributed by atoms with E-state index in [9.17, 15) is 0 Å². The Morgan fingerprint density at radius 3 is 2.20 bits per heavy atom. The van der Waals surface area contributed by atoms with Crippen molar-refractivity contribution in [2.45, 2.75) is 6.61 Å². The molecule has 2 aromatic rings. The van der Waals surface area contributed by atoms with E-state index in [0.717, 1.165) is 16.9 Å². The van der Waals surface area contributed by atoms with Gasteiger partial charge in [-0.2, -0.15) is 0 Å². The Kier molecular flexibility index (Phi) is 5.61. The zero-order valence-electron chi connectivity index (χ0n) is 10.5. The minimum Gasteiger partial charge on any atom is -0.489 e. The molecule has 0 amide bonds. The maximum Gasteiger partial charge on any atom is 0.119 e. The Hall–Kier alpha value is -1.33. The second-order valence-corrected chi connectivity index (χ2v) is 5.03. The molecule has 0 aliphatic carbocycles. The maximum atomic E-state index is 6.08. The van der Waals surface area contributed by atoms with Crippen molar-refractivity contribution in [2.24, 2.45) is 0 Å². The van der Waals surface area contributed by atoms with Gasteiger partial charge in [0.15, 0.2) is 0 Å². The van der Waals surface area contributed by atoms with E-state index in [2.05, 4.69) is 11.8 Å². The monoisotopic (exact) mass is 324 g/mol. The van der Waals surface area contributed by atoms with Crippen LogP contribution in [0.25, 0.3) is 0 Å². The Bertz CT molecular complexity index is 619. The predicted molar refractivity (Wildman–Crippen MR) is 84.8 cm³/mol. The van der Waals surface area contributed by atoms with Crippen LogP contribution in [0, 0.1) is 11.8 Å². The first-order valence-corrected chi connectivity index (χ1v) is 7.20. The van der Waals surface area contributed by atoms with Crippen LogP contribution in [0.15, 0.2) is 42.5 Å². The number of hydrogen-bond donors (Lipinski definition) is 0. The molecular weight excluding hydrogens is 315 g/mol. The molecule has 0 heterocycles. The molecule has 0 saturated carbocycles. The first-order chi connectivity index (χ1) is 9.70. The highest BCUT2D eigenvalue weighted by Gasteiger charge is 2.06. The summed E-state index contributed by atoms with van der Waals surface area (Å²) in [7, 11) is 0. The van der Waals surface area contributed by atoms with Gasteiger partial charge in [-0.25, -0.2) is 0 Å². The van der Waals surface area contributed by atoms with Crippen molar-refractivity contribution in [2.75, 3.05) is 5.88 Å². The number of rotatable bonds is 3. The lowest BCUT2D eigenvalue weighted by atomic mass is 10.2. The van der Waals surface area contributed by atoms with Crippen LogP contribution >= 0.6 is 34.8 Å². The van der Waals surface area contributed by atoms with Crippen molar-refractivity contribution < 1.29 is 4.74 Å². The van der Waals surface area contributed by atoms with Crippen molar-refractivity contribution in [1.82, 2.24) is 0 Å². The summed E-state index contributed by atoms with van der Waals surface area (Å²) in [6.45, 7) is 0.325. The molecule has 0 radical (unpaired) electrons. The molecule has 102 valence electrons. The van der Waals surface area contributed by atoms with E-state index in [1.54, 1.807) is 18.2 Å². The van der Waals surface area contributed by atoms with Gasteiger partial charge in [0.25, 0.3) is 0 Å². The fourth-order valence-corrected chi connectivity index (χ4v) is 2.17. The molecule has 1 nitrogen and oxygen atoms in total. The summed E-state index contributed by atoms with van der Waals surface area (Å²) in [6, 6.07) is 12.8. The molecule has 4 heteroatoms. The molecule has 0 saturated heterocycles. The van der Waals surface area contributed by atoms with Crippen LogP contribution in [0.5, 0.6) is 5.75 Å². The minimum absolute atomic E-state index is 0.323. The van der Waals surface area contributed by atoms with Crippen molar-refractivity contribution in [3.8, 4) is 17.6 Å². The summed E-state index contributed by atoms with van der Waals surface area (Å²) in [5.74, 6) is 6.79. The third kappa shape index (κ3) is 4.08. The molecule has 0 bridgehead atoms. The fourth-order valence-electron chi connectivity index (χ4n) is 1.60. The van der Waals surface area contributed by atoms with Gasteiger partial charge in [-0.05, 0) is 36.4 Å². The first kappa shape index (κ1) is 15.1. The van der Waals surface area contributed by atoms with Crippen LogP contribution in [0.1, 0.15) is 11.1 Å². The van der Waals surface area contributed by atoms with E-state index in [1.807, 2.05) is 24.3 Å². The topological polar surface area (TPSA) is 9.23 Å². The van der Waals surface area contributed by atoms with E-state index in [1.165, 1.54) is 0 Å². The van der Waals surface area contributed by atoms with E-state index in [4.69, 9.17) is 39.5 Å². The third-order valence-corrected chi connectivity index (χ3v) is 3.44. The SMILES string of the molecule is ClCC#Cc1ccc(OCc2c(Cl)cccc2Cl)cc1. The lowest BCUT2D eigenvalue weighted by Crippen LogP contribution is -1.97. The van der Waals surface area contributed by atoms with Crippen molar-refractivity contribution in [3.05, 3.63) is 63.6 Å². The first-order valence-electron chi connectivity index (χ1n) is 5.91. The van der Waals surface area contributed by atoms with Gasteiger partial charge in [0.2, 0.25) is 0 Å². The average Bonchev–Trinajstić information content (AvgIpc) is 2.46. The maximum absolute atomic E-state index is 6.08. The highest BCUT2D eigenvalue weighted by Crippen LogP contribution is 2.25. The summed E-state index contributed by atoms with van der Waals surface area (Å²) in [5.41, 5.74) is 1.68. The summed E-state index contributed by atoms with van der Waals surface area (Å²) in [6.07, 6.45) is 0. The molecule has 0 aromatic heterocycles. The van der Waals surface area contributed by atoms with Gasteiger partial charge in [-0.15, -0.1) is 11.6 Å². The molecule has 0 aliphatic rings. The highest BCUT2D eigenvalue weighted by molar-refractivity contribution is 6.35. The van der Waals surface area contributed by atoms with E-state index < -0.39 is 0 Å². The molecule has 0 atom stereocenters. The van der Waals surface area contributed by atoms with Crippen LogP contribution in [-0.4, -0.2) is 5.88 Å². The molecule has 2 rings (SSSR count). The van der Waals surface area contributed by atoms with E-state index >= 15 is 0 Å². The van der Waals surface area contributed by atoms with E-state index in [0.29, 0.717) is 22.5 Å². The standard InChI is InChI=1S/C16H11Cl3O/c17-10-2-3-12-6-8-13(9-7-12)20-11-14-15(18)4-1-5-16(14)19/h1,4-9H,10-11H2. The van der Waals surface area contributed by atoms with Crippen LogP contribution in [0.2, 0.25) is 10.0 Å². The lowest BCUT2D eigenvalue weighted by molar-refractivity contribution is 0.306. The van der Waals surface area contributed by atoms with Gasteiger partial charge in [-0.1, -0.05) is 41.1 Å².